The molecule has 0 aliphatic carbocycles. The summed E-state index contributed by atoms with van der Waals surface area (Å²) < 4.78 is 5.63. The second-order valence-electron chi connectivity index (χ2n) is 5.83. The van der Waals surface area contributed by atoms with E-state index in [1.54, 1.807) is 0 Å². The fraction of sp³-hybridized carbons (Fsp3) is 0.647. The van der Waals surface area contributed by atoms with E-state index < -0.39 is 6.10 Å². The fourth-order valence-electron chi connectivity index (χ4n) is 2.28. The molecule has 21 heavy (non-hydrogen) atoms. The van der Waals surface area contributed by atoms with Gasteiger partial charge in [-0.1, -0.05) is 26.8 Å². The highest BCUT2D eigenvalue weighted by Gasteiger charge is 2.10. The third kappa shape index (κ3) is 6.04. The number of aliphatic hydroxyl groups is 2. The van der Waals surface area contributed by atoms with Crippen molar-refractivity contribution in [3.63, 3.8) is 0 Å². The lowest BCUT2D eigenvalue weighted by Crippen LogP contribution is -2.39. The van der Waals surface area contributed by atoms with Gasteiger partial charge in [0, 0.05) is 12.6 Å². The van der Waals surface area contributed by atoms with Crippen molar-refractivity contribution in [2.24, 2.45) is 0 Å². The highest BCUT2D eigenvalue weighted by molar-refractivity contribution is 5.36. The second-order valence-corrected chi connectivity index (χ2v) is 5.83. The Morgan fingerprint density at radius 3 is 2.52 bits per heavy atom. The molecular weight excluding hydrogens is 266 g/mol. The molecule has 2 atom stereocenters. The molecule has 120 valence electrons. The Balaban J connectivity index is 2.42. The van der Waals surface area contributed by atoms with E-state index >= 15 is 0 Å². The van der Waals surface area contributed by atoms with Crippen LogP contribution in [0.25, 0.3) is 0 Å². The Kier molecular flexibility index (Phi) is 7.72. The number of aliphatic hydroxyl groups excluding tert-OH is 2. The number of hydrogen-bond donors (Lipinski definition) is 3. The molecule has 0 amide bonds. The molecule has 0 fully saturated rings. The molecule has 4 nitrogen and oxygen atoms in total. The van der Waals surface area contributed by atoms with E-state index in [4.69, 9.17) is 9.84 Å². The molecule has 1 aromatic rings. The third-order valence-electron chi connectivity index (χ3n) is 3.66. The van der Waals surface area contributed by atoms with Crippen molar-refractivity contribution in [3.8, 4) is 5.75 Å². The summed E-state index contributed by atoms with van der Waals surface area (Å²) in [5, 5.41) is 22.1. The predicted octanol–water partition coefficient (Wildman–Crippen LogP) is 2.22. The summed E-state index contributed by atoms with van der Waals surface area (Å²) in [7, 11) is 0. The SMILES string of the molecule is CC[C@@H](CO)NC[C@@H](O)COc1ccc(C(C)C)c(C)c1. The van der Waals surface area contributed by atoms with Crippen molar-refractivity contribution in [1.82, 2.24) is 5.32 Å². The Labute approximate surface area is 128 Å². The second kappa shape index (κ2) is 9.03. The molecule has 3 N–H and O–H groups in total. The summed E-state index contributed by atoms with van der Waals surface area (Å²) in [5.41, 5.74) is 2.53. The molecule has 0 aliphatic rings. The molecule has 0 heterocycles. The molecule has 0 radical (unpaired) electrons. The van der Waals surface area contributed by atoms with Crippen LogP contribution in [0, 0.1) is 6.92 Å². The minimum Gasteiger partial charge on any atom is -0.491 e. The summed E-state index contributed by atoms with van der Waals surface area (Å²) in [6.07, 6.45) is 0.246. The van der Waals surface area contributed by atoms with Crippen LogP contribution in [0.1, 0.15) is 44.2 Å². The van der Waals surface area contributed by atoms with Crippen LogP contribution in [-0.4, -0.2) is 42.1 Å². The van der Waals surface area contributed by atoms with Gasteiger partial charge in [-0.3, -0.25) is 0 Å². The molecule has 0 spiro atoms. The predicted molar refractivity (Wildman–Crippen MR) is 85.9 cm³/mol. The van der Waals surface area contributed by atoms with Crippen molar-refractivity contribution < 1.29 is 14.9 Å². The van der Waals surface area contributed by atoms with Gasteiger partial charge in [-0.25, -0.2) is 0 Å². The van der Waals surface area contributed by atoms with Gasteiger partial charge in [0.25, 0.3) is 0 Å². The molecule has 1 aromatic carbocycles. The van der Waals surface area contributed by atoms with Gasteiger partial charge in [-0.05, 0) is 42.5 Å². The van der Waals surface area contributed by atoms with E-state index in [0.717, 1.165) is 12.2 Å². The Morgan fingerprint density at radius 1 is 1.29 bits per heavy atom. The van der Waals surface area contributed by atoms with E-state index in [0.29, 0.717) is 12.5 Å². The first-order chi connectivity index (χ1) is 9.97. The number of ether oxygens (including phenoxy) is 1. The summed E-state index contributed by atoms with van der Waals surface area (Å²) in [6.45, 7) is 9.16. The van der Waals surface area contributed by atoms with Crippen LogP contribution in [0.15, 0.2) is 18.2 Å². The first-order valence-electron chi connectivity index (χ1n) is 7.73. The minimum absolute atomic E-state index is 0.0345. The standard InChI is InChI=1S/C17H29NO3/c1-5-14(10-19)18-9-15(20)11-21-16-6-7-17(12(2)3)13(4)8-16/h6-8,12,14-15,18-20H,5,9-11H2,1-4H3/t14-,15+/m0/s1. The number of hydrogen-bond acceptors (Lipinski definition) is 4. The van der Waals surface area contributed by atoms with Gasteiger partial charge in [-0.15, -0.1) is 0 Å². The lowest BCUT2D eigenvalue weighted by molar-refractivity contribution is 0.0994. The van der Waals surface area contributed by atoms with Gasteiger partial charge in [0.05, 0.1) is 6.61 Å². The fourth-order valence-corrected chi connectivity index (χ4v) is 2.28. The smallest absolute Gasteiger partial charge is 0.119 e. The van der Waals surface area contributed by atoms with Crippen LogP contribution in [0.2, 0.25) is 0 Å². The lowest BCUT2D eigenvalue weighted by atomic mass is 9.98. The Bertz CT molecular complexity index is 416. The van der Waals surface area contributed by atoms with Crippen LogP contribution in [-0.2, 0) is 0 Å². The normalized spacial score (nSPS) is 14.2. The zero-order chi connectivity index (χ0) is 15.8. The summed E-state index contributed by atoms with van der Waals surface area (Å²) in [6, 6.07) is 6.08. The number of nitrogens with one attached hydrogen (secondary N) is 1. The van der Waals surface area contributed by atoms with Crippen molar-refractivity contribution in [3.05, 3.63) is 29.3 Å². The van der Waals surface area contributed by atoms with E-state index in [1.807, 2.05) is 19.1 Å². The number of aryl methyl sites for hydroxylation is 1. The Morgan fingerprint density at radius 2 is 2.00 bits per heavy atom. The van der Waals surface area contributed by atoms with E-state index in [9.17, 15) is 5.11 Å². The molecule has 0 saturated carbocycles. The number of benzene rings is 1. The van der Waals surface area contributed by atoms with Crippen LogP contribution in [0.3, 0.4) is 0 Å². The molecule has 0 aliphatic heterocycles. The minimum atomic E-state index is -0.587. The van der Waals surface area contributed by atoms with Gasteiger partial charge in [-0.2, -0.15) is 0 Å². The van der Waals surface area contributed by atoms with Crippen molar-refractivity contribution in [1.29, 1.82) is 0 Å². The quantitative estimate of drug-likeness (QED) is 0.654. The summed E-state index contributed by atoms with van der Waals surface area (Å²) in [5.74, 6) is 1.28. The molecule has 4 heteroatoms. The first-order valence-corrected chi connectivity index (χ1v) is 7.73. The topological polar surface area (TPSA) is 61.7 Å². The molecular formula is C17H29NO3. The zero-order valence-electron chi connectivity index (χ0n) is 13.6. The maximum absolute atomic E-state index is 9.89. The average molecular weight is 295 g/mol. The zero-order valence-corrected chi connectivity index (χ0v) is 13.6. The third-order valence-corrected chi connectivity index (χ3v) is 3.66. The molecule has 0 unspecified atom stereocenters. The average Bonchev–Trinajstić information content (AvgIpc) is 2.45. The van der Waals surface area contributed by atoms with Crippen LogP contribution in [0.4, 0.5) is 0 Å². The number of rotatable bonds is 9. The van der Waals surface area contributed by atoms with Gasteiger partial charge in [0.1, 0.15) is 18.5 Å². The largest absolute Gasteiger partial charge is 0.491 e. The van der Waals surface area contributed by atoms with Gasteiger partial charge in [0.15, 0.2) is 0 Å². The van der Waals surface area contributed by atoms with Gasteiger partial charge in [0.2, 0.25) is 0 Å². The lowest BCUT2D eigenvalue weighted by Gasteiger charge is -2.18. The van der Waals surface area contributed by atoms with Crippen LogP contribution in [0.5, 0.6) is 5.75 Å². The van der Waals surface area contributed by atoms with Crippen LogP contribution >= 0.6 is 0 Å². The van der Waals surface area contributed by atoms with Crippen LogP contribution < -0.4 is 10.1 Å². The summed E-state index contributed by atoms with van der Waals surface area (Å²) >= 11 is 0. The summed E-state index contributed by atoms with van der Waals surface area (Å²) in [4.78, 5) is 0. The van der Waals surface area contributed by atoms with E-state index in [-0.39, 0.29) is 19.3 Å². The maximum atomic E-state index is 9.89. The van der Waals surface area contributed by atoms with Crippen molar-refractivity contribution >= 4 is 0 Å². The molecule has 0 bridgehead atoms. The monoisotopic (exact) mass is 295 g/mol. The maximum Gasteiger partial charge on any atom is 0.119 e. The van der Waals surface area contributed by atoms with E-state index in [1.165, 1.54) is 11.1 Å². The Hall–Kier alpha value is -1.10. The highest BCUT2D eigenvalue weighted by Crippen LogP contribution is 2.23. The van der Waals surface area contributed by atoms with Gasteiger partial charge >= 0.3 is 0 Å². The van der Waals surface area contributed by atoms with E-state index in [2.05, 4.69) is 32.2 Å². The van der Waals surface area contributed by atoms with Crippen molar-refractivity contribution in [2.75, 3.05) is 19.8 Å². The van der Waals surface area contributed by atoms with Crippen molar-refractivity contribution in [2.45, 2.75) is 52.2 Å². The molecule has 0 aromatic heterocycles. The first kappa shape index (κ1) is 18.0. The highest BCUT2D eigenvalue weighted by atomic mass is 16.5. The molecule has 1 rings (SSSR count). The molecule has 0 saturated heterocycles. The van der Waals surface area contributed by atoms with Gasteiger partial charge < -0.3 is 20.3 Å².